The van der Waals surface area contributed by atoms with Gasteiger partial charge in [-0.15, -0.1) is 11.3 Å². The van der Waals surface area contributed by atoms with Gasteiger partial charge in [-0.25, -0.2) is 0 Å². The zero-order valence-corrected chi connectivity index (χ0v) is 16.5. The van der Waals surface area contributed by atoms with Gasteiger partial charge >= 0.3 is 13.7 Å². The van der Waals surface area contributed by atoms with Crippen molar-refractivity contribution in [2.45, 2.75) is 19.1 Å². The molecule has 1 aliphatic rings. The van der Waals surface area contributed by atoms with Crippen molar-refractivity contribution in [3.63, 3.8) is 0 Å². The molecular formula is C18H15BBrF3O3S. The minimum Gasteiger partial charge on any atom is -0.488 e. The lowest BCUT2D eigenvalue weighted by molar-refractivity contribution is -0.181. The van der Waals surface area contributed by atoms with Gasteiger partial charge in [-0.1, -0.05) is 18.2 Å². The molecule has 0 atom stereocenters. The van der Waals surface area contributed by atoms with E-state index in [0.717, 1.165) is 52.0 Å². The second kappa shape index (κ2) is 9.10. The van der Waals surface area contributed by atoms with Crippen molar-refractivity contribution in [1.29, 1.82) is 0 Å². The van der Waals surface area contributed by atoms with E-state index in [0.29, 0.717) is 0 Å². The van der Waals surface area contributed by atoms with Crippen molar-refractivity contribution in [1.82, 2.24) is 0 Å². The van der Waals surface area contributed by atoms with E-state index in [1.807, 2.05) is 24.3 Å². The number of hydrogen-bond acceptors (Lipinski definition) is 4. The third kappa shape index (κ3) is 5.71. The van der Waals surface area contributed by atoms with E-state index in [9.17, 15) is 13.2 Å². The van der Waals surface area contributed by atoms with Crippen LogP contribution in [0.5, 0.6) is 5.75 Å². The fourth-order valence-corrected chi connectivity index (χ4v) is 3.96. The van der Waals surface area contributed by atoms with Crippen LogP contribution in [0.1, 0.15) is 10.4 Å². The van der Waals surface area contributed by atoms with Gasteiger partial charge in [0, 0.05) is 14.0 Å². The van der Waals surface area contributed by atoms with Crippen molar-refractivity contribution < 1.29 is 27.6 Å². The lowest BCUT2D eigenvalue weighted by Gasteiger charge is -2.09. The van der Waals surface area contributed by atoms with Crippen LogP contribution in [0.4, 0.5) is 13.2 Å². The van der Waals surface area contributed by atoms with Gasteiger partial charge < -0.3 is 9.54 Å². The molecule has 0 aliphatic carbocycles. The first-order valence-electron chi connectivity index (χ1n) is 8.15. The standard InChI is InChI=1S/C16H10BrF3OS.C2H5BO2/c17-14-6-1-3-10-7-13(22-15(10)14)9-21-12-5-2-4-11(8-12)16(18,19)20;1-2-4-5-3-1/h1-8H,9H2;3H,1-2H2. The van der Waals surface area contributed by atoms with Crippen molar-refractivity contribution in [3.8, 4) is 5.75 Å². The summed E-state index contributed by atoms with van der Waals surface area (Å²) >= 11 is 5.04. The highest BCUT2D eigenvalue weighted by atomic mass is 79.9. The van der Waals surface area contributed by atoms with Crippen molar-refractivity contribution >= 4 is 44.8 Å². The fraction of sp³-hybridized carbons (Fsp3) is 0.222. The highest BCUT2D eigenvalue weighted by Gasteiger charge is 2.30. The summed E-state index contributed by atoms with van der Waals surface area (Å²) in [5.74, 6) is 0.214. The third-order valence-electron chi connectivity index (χ3n) is 3.63. The van der Waals surface area contributed by atoms with Crippen LogP contribution in [0, 0.1) is 0 Å². The summed E-state index contributed by atoms with van der Waals surface area (Å²) in [6, 6.07) is 12.8. The van der Waals surface area contributed by atoms with E-state index in [1.54, 1.807) is 11.3 Å². The number of hydrogen-bond donors (Lipinski definition) is 0. The summed E-state index contributed by atoms with van der Waals surface area (Å²) in [7, 11) is 0.778. The third-order valence-corrected chi connectivity index (χ3v) is 5.71. The first-order chi connectivity index (χ1) is 12.9. The Morgan fingerprint density at radius 3 is 2.59 bits per heavy atom. The summed E-state index contributed by atoms with van der Waals surface area (Å²) in [6.07, 6.45) is -3.30. The molecule has 0 spiro atoms. The Labute approximate surface area is 167 Å². The Hall–Kier alpha value is -1.55. The minimum absolute atomic E-state index is 0.214. The number of fused-ring (bicyclic) bond motifs is 1. The largest absolute Gasteiger partial charge is 0.488 e. The molecule has 27 heavy (non-hydrogen) atoms. The molecule has 4 rings (SSSR count). The van der Waals surface area contributed by atoms with E-state index >= 15 is 0 Å². The minimum atomic E-state index is -4.36. The molecule has 142 valence electrons. The molecule has 1 saturated heterocycles. The van der Waals surface area contributed by atoms with Gasteiger partial charge in [-0.2, -0.15) is 13.2 Å². The SMILES string of the molecule is B1CCOO1.FC(F)(F)c1cccc(OCc2cc3cccc(Br)c3s2)c1. The molecular weight excluding hydrogens is 444 g/mol. The summed E-state index contributed by atoms with van der Waals surface area (Å²) in [5, 5.41) is 1.09. The van der Waals surface area contributed by atoms with Crippen LogP contribution < -0.4 is 4.74 Å². The average Bonchev–Trinajstić information content (AvgIpc) is 3.33. The Balaban J connectivity index is 0.000000364. The van der Waals surface area contributed by atoms with E-state index < -0.39 is 11.7 Å². The number of halogens is 4. The van der Waals surface area contributed by atoms with E-state index in [-0.39, 0.29) is 12.4 Å². The molecule has 3 nitrogen and oxygen atoms in total. The van der Waals surface area contributed by atoms with Crippen LogP contribution in [0.3, 0.4) is 0 Å². The second-order valence-electron chi connectivity index (χ2n) is 5.68. The van der Waals surface area contributed by atoms with Crippen molar-refractivity contribution in [3.05, 3.63) is 63.4 Å². The second-order valence-corrected chi connectivity index (χ2v) is 7.67. The maximum Gasteiger partial charge on any atom is 0.416 e. The predicted octanol–water partition coefficient (Wildman–Crippen LogP) is 5.98. The van der Waals surface area contributed by atoms with Gasteiger partial charge in [0.05, 0.1) is 12.2 Å². The van der Waals surface area contributed by atoms with E-state index in [4.69, 9.17) is 4.74 Å². The summed E-state index contributed by atoms with van der Waals surface area (Å²) < 4.78 is 45.6. The quantitative estimate of drug-likeness (QED) is 0.357. The van der Waals surface area contributed by atoms with Gasteiger partial charge in [0.15, 0.2) is 0 Å². The first kappa shape index (κ1) is 20.2. The summed E-state index contributed by atoms with van der Waals surface area (Å²) in [6.45, 7) is 1.02. The lowest BCUT2D eigenvalue weighted by Crippen LogP contribution is -2.05. The predicted molar refractivity (Wildman–Crippen MR) is 104 cm³/mol. The van der Waals surface area contributed by atoms with Crippen LogP contribution in [0.2, 0.25) is 6.32 Å². The average molecular weight is 459 g/mol. The molecule has 2 heterocycles. The molecule has 0 saturated carbocycles. The molecule has 0 unspecified atom stereocenters. The van der Waals surface area contributed by atoms with Crippen LogP contribution in [-0.4, -0.2) is 14.1 Å². The first-order valence-corrected chi connectivity index (χ1v) is 9.76. The molecule has 0 radical (unpaired) electrons. The number of ether oxygens (including phenoxy) is 1. The van der Waals surface area contributed by atoms with E-state index in [1.165, 1.54) is 12.1 Å². The molecule has 1 aliphatic heterocycles. The van der Waals surface area contributed by atoms with Gasteiger partial charge in [0.1, 0.15) is 12.4 Å². The van der Waals surface area contributed by atoms with Gasteiger partial charge in [-0.05, 0) is 58.0 Å². The molecule has 1 aromatic heterocycles. The zero-order chi connectivity index (χ0) is 19.3. The van der Waals surface area contributed by atoms with Crippen LogP contribution >= 0.6 is 27.3 Å². The molecule has 3 aromatic rings. The van der Waals surface area contributed by atoms with Crippen LogP contribution in [0.15, 0.2) is 53.0 Å². The topological polar surface area (TPSA) is 27.7 Å². The lowest BCUT2D eigenvalue weighted by atomic mass is 9.99. The summed E-state index contributed by atoms with van der Waals surface area (Å²) in [5.41, 5.74) is -0.705. The maximum atomic E-state index is 12.7. The normalized spacial score (nSPS) is 13.8. The maximum absolute atomic E-state index is 12.7. The Morgan fingerprint density at radius 1 is 1.15 bits per heavy atom. The Morgan fingerprint density at radius 2 is 1.96 bits per heavy atom. The molecule has 1 fully saturated rings. The van der Waals surface area contributed by atoms with Gasteiger partial charge in [-0.3, -0.25) is 4.89 Å². The summed E-state index contributed by atoms with van der Waals surface area (Å²) in [4.78, 5) is 9.85. The van der Waals surface area contributed by atoms with E-state index in [2.05, 4.69) is 25.6 Å². The molecule has 0 N–H and O–H groups in total. The number of benzene rings is 2. The number of rotatable bonds is 3. The molecule has 0 amide bonds. The highest BCUT2D eigenvalue weighted by molar-refractivity contribution is 9.10. The fourth-order valence-electron chi connectivity index (χ4n) is 2.36. The van der Waals surface area contributed by atoms with Crippen molar-refractivity contribution in [2.75, 3.05) is 6.61 Å². The number of alkyl halides is 3. The van der Waals surface area contributed by atoms with Crippen LogP contribution in [0.25, 0.3) is 10.1 Å². The Bertz CT molecular complexity index is 889. The van der Waals surface area contributed by atoms with Gasteiger partial charge in [0.25, 0.3) is 0 Å². The van der Waals surface area contributed by atoms with Crippen molar-refractivity contribution in [2.24, 2.45) is 0 Å². The Kier molecular flexibility index (Phi) is 6.81. The smallest absolute Gasteiger partial charge is 0.416 e. The highest BCUT2D eigenvalue weighted by Crippen LogP contribution is 2.34. The number of thiophene rings is 1. The molecule has 9 heteroatoms. The molecule has 0 bridgehead atoms. The van der Waals surface area contributed by atoms with Gasteiger partial charge in [0.2, 0.25) is 0 Å². The monoisotopic (exact) mass is 458 g/mol. The zero-order valence-electron chi connectivity index (χ0n) is 14.1. The molecule has 2 aromatic carbocycles. The van der Waals surface area contributed by atoms with Crippen LogP contribution in [-0.2, 0) is 22.5 Å².